The molecule has 3 heterocycles. The summed E-state index contributed by atoms with van der Waals surface area (Å²) in [7, 11) is 1.47. The van der Waals surface area contributed by atoms with E-state index in [2.05, 4.69) is 17.0 Å². The first kappa shape index (κ1) is 25.2. The maximum atomic E-state index is 13.7. The van der Waals surface area contributed by atoms with Gasteiger partial charge >= 0.3 is 11.7 Å². The first-order chi connectivity index (χ1) is 16.7. The Labute approximate surface area is 206 Å². The number of rotatable bonds is 8. The number of halogens is 4. The van der Waals surface area contributed by atoms with Crippen molar-refractivity contribution >= 4 is 17.3 Å². The molecule has 1 unspecified atom stereocenters. The van der Waals surface area contributed by atoms with Crippen molar-refractivity contribution in [1.82, 2.24) is 14.6 Å². The molecule has 11 heteroatoms. The lowest BCUT2D eigenvalue weighted by atomic mass is 9.99. The Balaban J connectivity index is 1.67. The Morgan fingerprint density at radius 1 is 1.31 bits per heavy atom. The van der Waals surface area contributed by atoms with Gasteiger partial charge < -0.3 is 14.2 Å². The summed E-state index contributed by atoms with van der Waals surface area (Å²) in [5.74, 6) is 0. The summed E-state index contributed by atoms with van der Waals surface area (Å²) >= 11 is 6.35. The summed E-state index contributed by atoms with van der Waals surface area (Å²) in [6, 6.07) is 4.88. The molecule has 3 aromatic rings. The standard InChI is InChI=1S/C24H27ClF3N5O2/c1-3-4-10-32-13-20(22(25)23(34)30-32)31-11-9-19-18(12-31)29-15-33(19)21(14-35-2)16-7-5-6-8-17(16)24(26,27)28/h5-8,13,15,21H,3-4,9-12,14H2,1-2H3/p+1. The third-order valence-electron chi connectivity index (χ3n) is 6.27. The summed E-state index contributed by atoms with van der Waals surface area (Å²) in [5, 5.41) is 2.86. The van der Waals surface area contributed by atoms with Gasteiger partial charge in [0.05, 0.1) is 36.8 Å². The maximum absolute atomic E-state index is 13.7. The second kappa shape index (κ2) is 10.4. The molecule has 188 valence electrons. The lowest BCUT2D eigenvalue weighted by Crippen LogP contribution is -2.45. The molecule has 1 aliphatic rings. The van der Waals surface area contributed by atoms with Crippen molar-refractivity contribution < 1.29 is 22.6 Å². The number of nitrogens with one attached hydrogen (secondary N) is 1. The molecule has 0 saturated carbocycles. The van der Waals surface area contributed by atoms with Crippen molar-refractivity contribution in [3.8, 4) is 0 Å². The van der Waals surface area contributed by atoms with Crippen molar-refractivity contribution in [3.05, 3.63) is 74.7 Å². The number of aromatic nitrogens is 4. The molecule has 0 saturated heterocycles. The van der Waals surface area contributed by atoms with E-state index in [-0.39, 0.29) is 22.8 Å². The first-order valence-corrected chi connectivity index (χ1v) is 11.9. The van der Waals surface area contributed by atoms with Gasteiger partial charge in [0.1, 0.15) is 10.7 Å². The van der Waals surface area contributed by atoms with E-state index in [1.165, 1.54) is 19.2 Å². The van der Waals surface area contributed by atoms with Crippen molar-refractivity contribution in [2.45, 2.75) is 51.5 Å². The molecule has 4 rings (SSSR count). The smallest absolute Gasteiger partial charge is 0.382 e. The molecule has 0 fully saturated rings. The largest absolute Gasteiger partial charge is 0.416 e. The first-order valence-electron chi connectivity index (χ1n) is 11.5. The molecular weight excluding hydrogens is 483 g/mol. The molecule has 1 aliphatic heterocycles. The average Bonchev–Trinajstić information content (AvgIpc) is 3.25. The van der Waals surface area contributed by atoms with Crippen LogP contribution in [0.4, 0.5) is 18.9 Å². The van der Waals surface area contributed by atoms with E-state index >= 15 is 0 Å². The molecule has 35 heavy (non-hydrogen) atoms. The number of hydrogen-bond donors (Lipinski definition) is 1. The monoisotopic (exact) mass is 510 g/mol. The fourth-order valence-corrected chi connectivity index (χ4v) is 4.74. The highest BCUT2D eigenvalue weighted by molar-refractivity contribution is 6.32. The van der Waals surface area contributed by atoms with Gasteiger partial charge in [0.25, 0.3) is 0 Å². The highest BCUT2D eigenvalue weighted by atomic mass is 35.5. The van der Waals surface area contributed by atoms with Gasteiger partial charge in [-0.05, 0) is 11.6 Å². The number of nitrogens with zero attached hydrogens (tertiary/aromatic N) is 4. The molecule has 2 aromatic heterocycles. The summed E-state index contributed by atoms with van der Waals surface area (Å²) in [4.78, 5) is 18.9. The molecular formula is C24H28ClF3N5O2+. The van der Waals surface area contributed by atoms with Gasteiger partial charge in [-0.15, -0.1) is 9.78 Å². The number of aromatic amines is 1. The fourth-order valence-electron chi connectivity index (χ4n) is 4.53. The average molecular weight is 511 g/mol. The van der Waals surface area contributed by atoms with Crippen LogP contribution in [0.2, 0.25) is 5.02 Å². The molecule has 0 bridgehead atoms. The zero-order chi connectivity index (χ0) is 25.2. The molecule has 0 aliphatic carbocycles. The molecule has 0 radical (unpaired) electrons. The van der Waals surface area contributed by atoms with Crippen LogP contribution in [0.3, 0.4) is 0 Å². The van der Waals surface area contributed by atoms with E-state index in [0.29, 0.717) is 31.7 Å². The Bertz CT molecular complexity index is 1240. The van der Waals surface area contributed by atoms with Crippen molar-refractivity contribution in [1.29, 1.82) is 0 Å². The maximum Gasteiger partial charge on any atom is 0.416 e. The minimum atomic E-state index is -4.48. The lowest BCUT2D eigenvalue weighted by Gasteiger charge is -2.30. The summed E-state index contributed by atoms with van der Waals surface area (Å²) in [6.07, 6.45) is 1.35. The molecule has 1 N–H and O–H groups in total. The van der Waals surface area contributed by atoms with Gasteiger partial charge in [-0.3, -0.25) is 4.79 Å². The number of alkyl halides is 3. The Morgan fingerprint density at radius 3 is 2.80 bits per heavy atom. The van der Waals surface area contributed by atoms with E-state index in [0.717, 1.165) is 30.3 Å². The van der Waals surface area contributed by atoms with Crippen LogP contribution in [0.1, 0.15) is 48.3 Å². The number of hydrogen-bond acceptors (Lipinski definition) is 4. The topological polar surface area (TPSA) is 67.0 Å². The Kier molecular flexibility index (Phi) is 7.51. The lowest BCUT2D eigenvalue weighted by molar-refractivity contribution is -0.754. The number of H-pyrrole nitrogens is 1. The second-order valence-electron chi connectivity index (χ2n) is 8.59. The summed E-state index contributed by atoms with van der Waals surface area (Å²) in [5.41, 5.74) is 1.29. The van der Waals surface area contributed by atoms with E-state index in [4.69, 9.17) is 16.3 Å². The van der Waals surface area contributed by atoms with Gasteiger partial charge in [0.15, 0.2) is 6.54 Å². The normalized spacial score (nSPS) is 14.7. The van der Waals surface area contributed by atoms with Crippen LogP contribution in [0.15, 0.2) is 41.6 Å². The van der Waals surface area contributed by atoms with E-state index < -0.39 is 17.8 Å². The predicted octanol–water partition coefficient (Wildman–Crippen LogP) is 4.13. The van der Waals surface area contributed by atoms with E-state index in [1.807, 2.05) is 11.1 Å². The van der Waals surface area contributed by atoms with Gasteiger partial charge in [0, 0.05) is 32.2 Å². The van der Waals surface area contributed by atoms with Crippen molar-refractivity contribution in [3.63, 3.8) is 0 Å². The van der Waals surface area contributed by atoms with Crippen LogP contribution in [0.25, 0.3) is 0 Å². The highest BCUT2D eigenvalue weighted by Gasteiger charge is 2.36. The Morgan fingerprint density at radius 2 is 2.09 bits per heavy atom. The Hall–Kier alpha value is -2.85. The van der Waals surface area contributed by atoms with Crippen LogP contribution in [0.5, 0.6) is 0 Å². The number of anilines is 1. The van der Waals surface area contributed by atoms with Gasteiger partial charge in [0.2, 0.25) is 6.20 Å². The van der Waals surface area contributed by atoms with Crippen LogP contribution in [-0.4, -0.2) is 34.9 Å². The minimum absolute atomic E-state index is 0.0664. The number of ether oxygens (including phenoxy) is 1. The molecule has 7 nitrogen and oxygen atoms in total. The number of methoxy groups -OCH3 is 1. The second-order valence-corrected chi connectivity index (χ2v) is 8.97. The highest BCUT2D eigenvalue weighted by Crippen LogP contribution is 2.37. The zero-order valence-electron chi connectivity index (χ0n) is 19.6. The molecule has 0 amide bonds. The number of fused-ring (bicyclic) bond motifs is 1. The third-order valence-corrected chi connectivity index (χ3v) is 6.63. The van der Waals surface area contributed by atoms with Crippen molar-refractivity contribution in [2.24, 2.45) is 0 Å². The SMILES string of the molecule is CCCC[n+]1cc(N2CCc3c(ncn3C(COC)c3ccccc3C(F)(F)F)C2)c(Cl)c(=O)[nH]1. The van der Waals surface area contributed by atoms with Gasteiger partial charge in [-0.1, -0.05) is 43.1 Å². The molecule has 0 spiro atoms. The number of imidazole rings is 1. The zero-order valence-corrected chi connectivity index (χ0v) is 20.4. The van der Waals surface area contributed by atoms with E-state index in [1.54, 1.807) is 21.6 Å². The quantitative estimate of drug-likeness (QED) is 0.463. The molecule has 1 aromatic carbocycles. The third kappa shape index (κ3) is 5.23. The van der Waals surface area contributed by atoms with Crippen LogP contribution >= 0.6 is 11.6 Å². The van der Waals surface area contributed by atoms with Gasteiger partial charge in [-0.25, -0.2) is 4.98 Å². The van der Waals surface area contributed by atoms with Gasteiger partial charge in [-0.2, -0.15) is 13.2 Å². The van der Waals surface area contributed by atoms with E-state index in [9.17, 15) is 18.0 Å². The van der Waals surface area contributed by atoms with Crippen LogP contribution < -0.4 is 15.1 Å². The van der Waals surface area contributed by atoms with Crippen LogP contribution in [-0.2, 0) is 30.4 Å². The summed E-state index contributed by atoms with van der Waals surface area (Å²) < 4.78 is 50.0. The predicted molar refractivity (Wildman–Crippen MR) is 126 cm³/mol. The van der Waals surface area contributed by atoms with Crippen molar-refractivity contribution in [2.75, 3.05) is 25.2 Å². The number of aryl methyl sites for hydroxylation is 1. The molecule has 1 atom stereocenters. The summed E-state index contributed by atoms with van der Waals surface area (Å²) in [6.45, 7) is 3.73. The van der Waals surface area contributed by atoms with Crippen LogP contribution in [0, 0.1) is 0 Å². The fraction of sp³-hybridized carbons (Fsp3) is 0.458. The number of benzene rings is 1. The number of unbranched alkanes of at least 4 members (excludes halogenated alkanes) is 1. The minimum Gasteiger partial charge on any atom is -0.382 e.